The van der Waals surface area contributed by atoms with E-state index in [2.05, 4.69) is 5.16 Å². The summed E-state index contributed by atoms with van der Waals surface area (Å²) in [6.45, 7) is 3.13. The SMILES string of the molecule is CCOCCC(=O)N(CC(N)=NO)C1CCCC1. The molecule has 0 aromatic heterocycles. The van der Waals surface area contributed by atoms with Crippen molar-refractivity contribution in [2.24, 2.45) is 10.9 Å². The van der Waals surface area contributed by atoms with Crippen LogP contribution in [0.1, 0.15) is 39.0 Å². The molecule has 6 nitrogen and oxygen atoms in total. The standard InChI is InChI=1S/C12H23N3O3/c1-2-18-8-7-12(16)15(9-11(13)14-17)10-5-3-4-6-10/h10,17H,2-9H2,1H3,(H2,13,14). The van der Waals surface area contributed by atoms with Gasteiger partial charge in [-0.3, -0.25) is 4.79 Å². The van der Waals surface area contributed by atoms with Crippen molar-refractivity contribution in [3.63, 3.8) is 0 Å². The van der Waals surface area contributed by atoms with Crippen molar-refractivity contribution in [1.29, 1.82) is 0 Å². The number of ether oxygens (including phenoxy) is 1. The molecule has 0 spiro atoms. The number of hydrogen-bond donors (Lipinski definition) is 2. The van der Waals surface area contributed by atoms with Crippen molar-refractivity contribution < 1.29 is 14.7 Å². The lowest BCUT2D eigenvalue weighted by Crippen LogP contribution is -2.44. The predicted octanol–water partition coefficient (Wildman–Crippen LogP) is 0.931. The number of amidine groups is 1. The van der Waals surface area contributed by atoms with Gasteiger partial charge in [-0.15, -0.1) is 0 Å². The summed E-state index contributed by atoms with van der Waals surface area (Å²) in [6, 6.07) is 0.222. The van der Waals surface area contributed by atoms with Crippen molar-refractivity contribution in [3.05, 3.63) is 0 Å². The number of amides is 1. The summed E-state index contributed by atoms with van der Waals surface area (Å²) in [5, 5.41) is 11.6. The van der Waals surface area contributed by atoms with Crippen LogP contribution in [-0.2, 0) is 9.53 Å². The molecular formula is C12H23N3O3. The van der Waals surface area contributed by atoms with Crippen molar-refractivity contribution >= 4 is 11.7 Å². The van der Waals surface area contributed by atoms with Crippen LogP contribution in [0.25, 0.3) is 0 Å². The van der Waals surface area contributed by atoms with Gasteiger partial charge in [0.05, 0.1) is 19.6 Å². The van der Waals surface area contributed by atoms with Crippen LogP contribution in [0.5, 0.6) is 0 Å². The third kappa shape index (κ3) is 4.52. The number of nitrogens with zero attached hydrogens (tertiary/aromatic N) is 2. The molecule has 0 aromatic rings. The molecule has 0 bridgehead atoms. The number of oxime groups is 1. The summed E-state index contributed by atoms with van der Waals surface area (Å²) in [6.07, 6.45) is 4.62. The smallest absolute Gasteiger partial charge is 0.225 e. The zero-order valence-electron chi connectivity index (χ0n) is 11.0. The Bertz CT molecular complexity index is 288. The zero-order valence-corrected chi connectivity index (χ0v) is 11.0. The van der Waals surface area contributed by atoms with Gasteiger partial charge in [0.1, 0.15) is 0 Å². The number of hydrogen-bond acceptors (Lipinski definition) is 4. The van der Waals surface area contributed by atoms with E-state index in [4.69, 9.17) is 15.7 Å². The fourth-order valence-electron chi connectivity index (χ4n) is 2.29. The maximum atomic E-state index is 12.1. The molecule has 104 valence electrons. The molecule has 0 unspecified atom stereocenters. The molecule has 0 radical (unpaired) electrons. The molecule has 6 heteroatoms. The molecule has 1 aliphatic carbocycles. The molecule has 0 aliphatic heterocycles. The van der Waals surface area contributed by atoms with Crippen LogP contribution in [0.3, 0.4) is 0 Å². The van der Waals surface area contributed by atoms with Crippen LogP contribution in [0, 0.1) is 0 Å². The fourth-order valence-corrected chi connectivity index (χ4v) is 2.29. The number of rotatable bonds is 7. The van der Waals surface area contributed by atoms with E-state index in [9.17, 15) is 4.79 Å². The fraction of sp³-hybridized carbons (Fsp3) is 0.833. The van der Waals surface area contributed by atoms with Crippen molar-refractivity contribution in [2.45, 2.75) is 45.1 Å². The van der Waals surface area contributed by atoms with Gasteiger partial charge in [-0.2, -0.15) is 0 Å². The summed E-state index contributed by atoms with van der Waals surface area (Å²) < 4.78 is 5.19. The quantitative estimate of drug-likeness (QED) is 0.233. The molecule has 3 N–H and O–H groups in total. The van der Waals surface area contributed by atoms with E-state index >= 15 is 0 Å². The first-order chi connectivity index (χ1) is 8.69. The van der Waals surface area contributed by atoms with Gasteiger partial charge >= 0.3 is 0 Å². The molecule has 0 heterocycles. The zero-order chi connectivity index (χ0) is 13.4. The molecule has 0 atom stereocenters. The lowest BCUT2D eigenvalue weighted by Gasteiger charge is -2.28. The van der Waals surface area contributed by atoms with Gasteiger partial charge in [0.2, 0.25) is 5.91 Å². The highest BCUT2D eigenvalue weighted by atomic mass is 16.5. The number of carbonyl (C=O) groups excluding carboxylic acids is 1. The Morgan fingerprint density at radius 1 is 1.50 bits per heavy atom. The Hall–Kier alpha value is -1.30. The highest BCUT2D eigenvalue weighted by Gasteiger charge is 2.27. The summed E-state index contributed by atoms with van der Waals surface area (Å²) in [7, 11) is 0. The minimum absolute atomic E-state index is 0.0157. The molecule has 1 aliphatic rings. The van der Waals surface area contributed by atoms with Crippen LogP contribution in [0.2, 0.25) is 0 Å². The number of carbonyl (C=O) groups is 1. The lowest BCUT2D eigenvalue weighted by atomic mass is 10.2. The largest absolute Gasteiger partial charge is 0.409 e. The van der Waals surface area contributed by atoms with E-state index in [1.807, 2.05) is 6.92 Å². The van der Waals surface area contributed by atoms with Gasteiger partial charge in [-0.05, 0) is 19.8 Å². The topological polar surface area (TPSA) is 88.2 Å². The van der Waals surface area contributed by atoms with Gasteiger partial charge in [-0.25, -0.2) is 0 Å². The van der Waals surface area contributed by atoms with E-state index in [0.29, 0.717) is 19.6 Å². The van der Waals surface area contributed by atoms with E-state index in [1.54, 1.807) is 4.90 Å². The van der Waals surface area contributed by atoms with Gasteiger partial charge in [0.15, 0.2) is 5.84 Å². The van der Waals surface area contributed by atoms with Gasteiger partial charge in [-0.1, -0.05) is 18.0 Å². The second-order valence-electron chi connectivity index (χ2n) is 4.50. The normalized spacial score (nSPS) is 17.1. The van der Waals surface area contributed by atoms with E-state index in [0.717, 1.165) is 25.7 Å². The third-order valence-electron chi connectivity index (χ3n) is 3.21. The minimum atomic E-state index is 0.0157. The second kappa shape index (κ2) is 7.92. The highest BCUT2D eigenvalue weighted by molar-refractivity contribution is 5.87. The summed E-state index contributed by atoms with van der Waals surface area (Å²) >= 11 is 0. The Labute approximate surface area is 108 Å². The van der Waals surface area contributed by atoms with Crippen LogP contribution in [0.4, 0.5) is 0 Å². The average Bonchev–Trinajstić information content (AvgIpc) is 2.89. The van der Waals surface area contributed by atoms with Gasteiger partial charge in [0, 0.05) is 12.6 Å². The molecule has 1 saturated carbocycles. The Kier molecular flexibility index (Phi) is 6.49. The van der Waals surface area contributed by atoms with Crippen molar-refractivity contribution in [1.82, 2.24) is 4.90 Å². The van der Waals surface area contributed by atoms with Crippen LogP contribution in [0.15, 0.2) is 5.16 Å². The third-order valence-corrected chi connectivity index (χ3v) is 3.21. The van der Waals surface area contributed by atoms with E-state index in [1.165, 1.54) is 0 Å². The second-order valence-corrected chi connectivity index (χ2v) is 4.50. The maximum absolute atomic E-state index is 12.1. The van der Waals surface area contributed by atoms with E-state index < -0.39 is 0 Å². The molecule has 1 amide bonds. The molecule has 1 fully saturated rings. The monoisotopic (exact) mass is 257 g/mol. The Morgan fingerprint density at radius 2 is 2.17 bits per heavy atom. The molecule has 0 saturated heterocycles. The Balaban J connectivity index is 2.55. The van der Waals surface area contributed by atoms with Crippen molar-refractivity contribution in [2.75, 3.05) is 19.8 Å². The van der Waals surface area contributed by atoms with Crippen molar-refractivity contribution in [3.8, 4) is 0 Å². The van der Waals surface area contributed by atoms with Gasteiger partial charge < -0.3 is 20.6 Å². The highest BCUT2D eigenvalue weighted by Crippen LogP contribution is 2.23. The average molecular weight is 257 g/mol. The first kappa shape index (κ1) is 14.8. The molecule has 0 aromatic carbocycles. The lowest BCUT2D eigenvalue weighted by molar-refractivity contribution is -0.133. The number of nitrogens with two attached hydrogens (primary N) is 1. The predicted molar refractivity (Wildman–Crippen MR) is 68.5 cm³/mol. The maximum Gasteiger partial charge on any atom is 0.225 e. The summed E-state index contributed by atoms with van der Waals surface area (Å²) in [5.41, 5.74) is 5.51. The summed E-state index contributed by atoms with van der Waals surface area (Å²) in [4.78, 5) is 13.8. The first-order valence-corrected chi connectivity index (χ1v) is 6.52. The van der Waals surface area contributed by atoms with E-state index in [-0.39, 0.29) is 24.3 Å². The first-order valence-electron chi connectivity index (χ1n) is 6.52. The van der Waals surface area contributed by atoms with Crippen LogP contribution >= 0.6 is 0 Å². The van der Waals surface area contributed by atoms with Gasteiger partial charge in [0.25, 0.3) is 0 Å². The molecule has 1 rings (SSSR count). The molecule has 18 heavy (non-hydrogen) atoms. The van der Waals surface area contributed by atoms with Crippen LogP contribution < -0.4 is 5.73 Å². The van der Waals surface area contributed by atoms with Crippen LogP contribution in [-0.4, -0.2) is 47.7 Å². The summed E-state index contributed by atoms with van der Waals surface area (Å²) in [5.74, 6) is 0.0913. The minimum Gasteiger partial charge on any atom is -0.409 e. The molecular weight excluding hydrogens is 234 g/mol. The Morgan fingerprint density at radius 3 is 2.72 bits per heavy atom.